The molecule has 0 bridgehead atoms. The van der Waals surface area contributed by atoms with Crippen LogP contribution >= 0.6 is 0 Å². The molecule has 0 saturated heterocycles. The summed E-state index contributed by atoms with van der Waals surface area (Å²) >= 11 is 0. The van der Waals surface area contributed by atoms with E-state index in [1.807, 2.05) is 0 Å². The topological polar surface area (TPSA) is 0 Å². The molecule has 1 rings (SSSR count). The van der Waals surface area contributed by atoms with Crippen LogP contribution in [0.25, 0.3) is 0 Å². The molecule has 1 radical (unpaired) electrons. The Labute approximate surface area is 108 Å². The van der Waals surface area contributed by atoms with E-state index in [-0.39, 0.29) is 40.1 Å². The Balaban J connectivity index is 0. The summed E-state index contributed by atoms with van der Waals surface area (Å²) in [5.41, 5.74) is 1.42. The van der Waals surface area contributed by atoms with E-state index in [2.05, 4.69) is 44.2 Å². The van der Waals surface area contributed by atoms with Gasteiger partial charge in [-0.15, -0.1) is 0 Å². The summed E-state index contributed by atoms with van der Waals surface area (Å²) in [6, 6.07) is 10.6. The summed E-state index contributed by atoms with van der Waals surface area (Å²) in [6.07, 6.45) is 2.33. The molecule has 1 aromatic carbocycles. The van der Waals surface area contributed by atoms with Crippen molar-refractivity contribution in [1.82, 2.24) is 0 Å². The molecule has 0 heterocycles. The van der Waals surface area contributed by atoms with E-state index in [0.717, 1.165) is 6.42 Å². The smallest absolute Gasteiger partial charge is 0 e. The van der Waals surface area contributed by atoms with Gasteiger partial charge >= 0.3 is 0 Å². The summed E-state index contributed by atoms with van der Waals surface area (Å²) in [6.45, 7) is 4.42. The first-order valence-electron chi connectivity index (χ1n) is 4.18. The second kappa shape index (κ2) is 8.90. The maximum atomic E-state index is 2.22. The fourth-order valence-corrected chi connectivity index (χ4v) is 1.07. The van der Waals surface area contributed by atoms with Crippen LogP contribution in [0.15, 0.2) is 30.3 Å². The van der Waals surface area contributed by atoms with E-state index in [1.165, 1.54) is 12.0 Å². The Morgan fingerprint density at radius 2 is 1.69 bits per heavy atom. The van der Waals surface area contributed by atoms with Gasteiger partial charge in [-0.1, -0.05) is 50.2 Å². The van der Waals surface area contributed by atoms with Crippen molar-refractivity contribution in [3.63, 3.8) is 0 Å². The molecule has 0 aliphatic rings. The first kappa shape index (κ1) is 15.8. The minimum atomic E-state index is 0. The summed E-state index contributed by atoms with van der Waals surface area (Å²) in [4.78, 5) is 0. The zero-order chi connectivity index (χ0) is 8.10. The Bertz CT molecular complexity index is 194. The van der Waals surface area contributed by atoms with Crippen LogP contribution < -0.4 is 0 Å². The second-order valence-corrected chi connectivity index (χ2v) is 2.97. The van der Waals surface area contributed by atoms with Gasteiger partial charge in [0, 0.05) is 32.7 Å². The molecule has 0 amide bonds. The van der Waals surface area contributed by atoms with Crippen LogP contribution in [-0.4, -0.2) is 0 Å². The van der Waals surface area contributed by atoms with Gasteiger partial charge in [0.05, 0.1) is 0 Å². The Morgan fingerprint density at radius 1 is 1.15 bits per heavy atom. The molecule has 0 unspecified atom stereocenters. The van der Waals surface area contributed by atoms with Crippen LogP contribution in [0.4, 0.5) is 0 Å². The van der Waals surface area contributed by atoms with Crippen LogP contribution in [0.5, 0.6) is 0 Å². The Hall–Kier alpha value is 0.324. The van der Waals surface area contributed by atoms with E-state index in [9.17, 15) is 0 Å². The van der Waals surface area contributed by atoms with Crippen LogP contribution in [0, 0.1) is 5.92 Å². The number of benzene rings is 1. The summed E-state index contributed by atoms with van der Waals surface area (Å²) < 4.78 is 0. The van der Waals surface area contributed by atoms with Crippen molar-refractivity contribution >= 4 is 0 Å². The van der Waals surface area contributed by atoms with Gasteiger partial charge < -0.3 is 5.92 Å². The van der Waals surface area contributed by atoms with E-state index in [0.29, 0.717) is 0 Å². The van der Waals surface area contributed by atoms with Gasteiger partial charge in [0.1, 0.15) is 0 Å². The zero-order valence-electron chi connectivity index (χ0n) is 7.88. The Kier molecular flexibility index (Phi) is 10.8. The van der Waals surface area contributed by atoms with Crippen LogP contribution in [0.3, 0.4) is 0 Å². The zero-order valence-corrected chi connectivity index (χ0v) is 10.7. The molecule has 0 N–H and O–H groups in total. The molecule has 13 heavy (non-hydrogen) atoms. The average molecular weight is 252 g/mol. The largest absolute Gasteiger partial charge is 0.313 e. The number of hydrogen-bond donors (Lipinski definition) is 0. The first-order valence-corrected chi connectivity index (χ1v) is 4.18. The van der Waals surface area contributed by atoms with Crippen LogP contribution in [0.2, 0.25) is 0 Å². The monoisotopic (exact) mass is 252 g/mol. The maximum Gasteiger partial charge on any atom is 0 e. The fourth-order valence-electron chi connectivity index (χ4n) is 1.07. The molecule has 1 heteroatoms. The standard InChI is InChI=1S/C11H15.CH4.Y/c1-3-10(2)9-11-7-5-4-6-8-11;;/h4-8H,3,9H2,1-2H3;1H4;/q-1;;. The van der Waals surface area contributed by atoms with Crippen molar-refractivity contribution in [2.45, 2.75) is 34.1 Å². The van der Waals surface area contributed by atoms with Gasteiger partial charge in [0.2, 0.25) is 0 Å². The normalized spacial score (nSPS) is 8.85. The molecule has 0 saturated carbocycles. The minimum absolute atomic E-state index is 0. The van der Waals surface area contributed by atoms with E-state index in [4.69, 9.17) is 0 Å². The molecule has 0 spiro atoms. The van der Waals surface area contributed by atoms with Crippen molar-refractivity contribution in [2.24, 2.45) is 0 Å². The molecular weight excluding hydrogens is 233 g/mol. The molecule has 0 aliphatic heterocycles. The first-order chi connectivity index (χ1) is 5.33. The Morgan fingerprint density at radius 3 is 2.15 bits per heavy atom. The molecule has 71 valence electrons. The number of rotatable bonds is 3. The van der Waals surface area contributed by atoms with Gasteiger partial charge in [-0.05, 0) is 0 Å². The van der Waals surface area contributed by atoms with E-state index >= 15 is 0 Å². The van der Waals surface area contributed by atoms with Gasteiger partial charge in [-0.2, -0.15) is 19.8 Å². The molecule has 0 nitrogen and oxygen atoms in total. The van der Waals surface area contributed by atoms with Crippen molar-refractivity contribution in [3.8, 4) is 0 Å². The van der Waals surface area contributed by atoms with E-state index in [1.54, 1.807) is 5.92 Å². The van der Waals surface area contributed by atoms with Crippen LogP contribution in [0.1, 0.15) is 33.3 Å². The SMILES string of the molecule is C.CC[C-](C)Cc1ccccc1.[Y]. The van der Waals surface area contributed by atoms with Gasteiger partial charge in [-0.25, -0.2) is 0 Å². The summed E-state index contributed by atoms with van der Waals surface area (Å²) in [5, 5.41) is 0. The molecule has 0 aliphatic carbocycles. The number of hydrogen-bond acceptors (Lipinski definition) is 0. The predicted molar refractivity (Wildman–Crippen MR) is 56.1 cm³/mol. The average Bonchev–Trinajstić information content (AvgIpc) is 2.06. The minimum Gasteiger partial charge on any atom is -0.313 e. The van der Waals surface area contributed by atoms with Crippen LogP contribution in [-0.2, 0) is 39.1 Å². The maximum absolute atomic E-state index is 2.22. The predicted octanol–water partition coefficient (Wildman–Crippen LogP) is 3.87. The van der Waals surface area contributed by atoms with Crippen molar-refractivity contribution < 1.29 is 32.7 Å². The van der Waals surface area contributed by atoms with Crippen molar-refractivity contribution in [1.29, 1.82) is 0 Å². The van der Waals surface area contributed by atoms with Crippen molar-refractivity contribution in [2.75, 3.05) is 0 Å². The summed E-state index contributed by atoms with van der Waals surface area (Å²) in [7, 11) is 0. The summed E-state index contributed by atoms with van der Waals surface area (Å²) in [5.74, 6) is 1.55. The quantitative estimate of drug-likeness (QED) is 0.716. The van der Waals surface area contributed by atoms with Gasteiger partial charge in [0.25, 0.3) is 0 Å². The second-order valence-electron chi connectivity index (χ2n) is 2.97. The molecular formula is C12H19Y-. The third-order valence-electron chi connectivity index (χ3n) is 1.95. The van der Waals surface area contributed by atoms with Gasteiger partial charge in [0.15, 0.2) is 0 Å². The van der Waals surface area contributed by atoms with Crippen molar-refractivity contribution in [3.05, 3.63) is 41.8 Å². The fraction of sp³-hybridized carbons (Fsp3) is 0.417. The molecule has 0 aromatic heterocycles. The third-order valence-corrected chi connectivity index (χ3v) is 1.95. The molecule has 1 aromatic rings. The van der Waals surface area contributed by atoms with Gasteiger partial charge in [-0.3, -0.25) is 0 Å². The molecule has 0 atom stereocenters. The van der Waals surface area contributed by atoms with E-state index < -0.39 is 0 Å². The third kappa shape index (κ3) is 6.40. The molecule has 0 fully saturated rings.